The van der Waals surface area contributed by atoms with Crippen molar-refractivity contribution < 1.29 is 9.18 Å². The lowest BCUT2D eigenvalue weighted by Crippen LogP contribution is -2.34. The molecule has 0 saturated heterocycles. The summed E-state index contributed by atoms with van der Waals surface area (Å²) in [5.41, 5.74) is 1.19. The van der Waals surface area contributed by atoms with E-state index in [1.165, 1.54) is 10.6 Å². The molecule has 0 unspecified atom stereocenters. The second kappa shape index (κ2) is 7.22. The van der Waals surface area contributed by atoms with Crippen LogP contribution in [-0.4, -0.2) is 17.0 Å². The fraction of sp³-hybridized carbons (Fsp3) is 0.333. The molecule has 23 heavy (non-hydrogen) atoms. The lowest BCUT2D eigenvalue weighted by atomic mass is 10.1. The van der Waals surface area contributed by atoms with E-state index in [1.807, 2.05) is 13.8 Å². The first-order valence-electron chi connectivity index (χ1n) is 7.63. The topological polar surface area (TPSA) is 51.1 Å². The van der Waals surface area contributed by atoms with E-state index in [1.54, 1.807) is 37.4 Å². The van der Waals surface area contributed by atoms with Gasteiger partial charge in [-0.15, -0.1) is 0 Å². The number of rotatable bonds is 5. The van der Waals surface area contributed by atoms with Gasteiger partial charge in [0.25, 0.3) is 11.5 Å². The van der Waals surface area contributed by atoms with Gasteiger partial charge < -0.3 is 9.88 Å². The van der Waals surface area contributed by atoms with Gasteiger partial charge in [-0.2, -0.15) is 0 Å². The maximum absolute atomic E-state index is 13.5. The Morgan fingerprint density at radius 2 is 1.91 bits per heavy atom. The van der Waals surface area contributed by atoms with Crippen LogP contribution < -0.4 is 10.9 Å². The number of halogens is 1. The first-order valence-corrected chi connectivity index (χ1v) is 7.63. The molecule has 1 N–H and O–H groups in total. The van der Waals surface area contributed by atoms with Gasteiger partial charge in [0.2, 0.25) is 0 Å². The maximum Gasteiger partial charge on any atom is 0.263 e. The zero-order valence-electron chi connectivity index (χ0n) is 13.6. The number of amides is 1. The Labute approximate surface area is 135 Å². The minimum atomic E-state index is -0.433. The highest BCUT2D eigenvalue weighted by atomic mass is 19.1. The minimum Gasteiger partial charge on any atom is -0.352 e. The van der Waals surface area contributed by atoms with Crippen molar-refractivity contribution in [2.24, 2.45) is 7.05 Å². The van der Waals surface area contributed by atoms with E-state index in [2.05, 4.69) is 5.32 Å². The van der Waals surface area contributed by atoms with Gasteiger partial charge in [-0.3, -0.25) is 9.59 Å². The molecule has 122 valence electrons. The molecule has 1 aromatic heterocycles. The predicted octanol–water partition coefficient (Wildman–Crippen LogP) is 2.62. The molecule has 1 amide bonds. The summed E-state index contributed by atoms with van der Waals surface area (Å²) in [6.07, 6.45) is 0.378. The fourth-order valence-electron chi connectivity index (χ4n) is 2.51. The number of hydrogen-bond acceptors (Lipinski definition) is 2. The molecule has 0 radical (unpaired) electrons. The third kappa shape index (κ3) is 3.86. The number of nitrogens with one attached hydrogen (secondary N) is 1. The van der Waals surface area contributed by atoms with Crippen LogP contribution in [-0.2, 0) is 13.5 Å². The summed E-state index contributed by atoms with van der Waals surface area (Å²) in [7, 11) is 1.66. The van der Waals surface area contributed by atoms with E-state index >= 15 is 0 Å². The first-order chi connectivity index (χ1) is 10.9. The van der Waals surface area contributed by atoms with Gasteiger partial charge in [0.05, 0.1) is 0 Å². The second-order valence-electron chi connectivity index (χ2n) is 5.79. The zero-order valence-corrected chi connectivity index (χ0v) is 13.6. The average molecular weight is 316 g/mol. The van der Waals surface area contributed by atoms with Gasteiger partial charge >= 0.3 is 0 Å². The Balaban J connectivity index is 2.06. The van der Waals surface area contributed by atoms with Crippen molar-refractivity contribution in [1.29, 1.82) is 0 Å². The van der Waals surface area contributed by atoms with E-state index in [-0.39, 0.29) is 29.4 Å². The molecule has 5 heteroatoms. The number of nitrogens with zero attached hydrogens (tertiary/aromatic N) is 1. The summed E-state index contributed by atoms with van der Waals surface area (Å²) in [6, 6.07) is 9.78. The Hall–Kier alpha value is -2.43. The minimum absolute atomic E-state index is 0.102. The molecule has 2 aromatic rings. The summed E-state index contributed by atoms with van der Waals surface area (Å²) in [4.78, 5) is 24.4. The quantitative estimate of drug-likeness (QED) is 0.922. The average Bonchev–Trinajstić information content (AvgIpc) is 2.51. The predicted molar refractivity (Wildman–Crippen MR) is 88.2 cm³/mol. The molecule has 0 spiro atoms. The summed E-state index contributed by atoms with van der Waals surface area (Å²) < 4.78 is 15.0. The van der Waals surface area contributed by atoms with Crippen LogP contribution in [0.3, 0.4) is 0 Å². The molecule has 0 fully saturated rings. The molecule has 0 atom stereocenters. The lowest BCUT2D eigenvalue weighted by molar-refractivity contribution is 0.0952. The number of carbonyl (C=O) groups is 1. The Morgan fingerprint density at radius 1 is 1.22 bits per heavy atom. The second-order valence-corrected chi connectivity index (χ2v) is 5.79. The van der Waals surface area contributed by atoms with Gasteiger partial charge in [0.1, 0.15) is 11.4 Å². The third-order valence-corrected chi connectivity index (χ3v) is 3.82. The molecule has 0 aliphatic rings. The smallest absolute Gasteiger partial charge is 0.263 e. The molecule has 0 saturated carbocycles. The first kappa shape index (κ1) is 16.9. The normalized spacial score (nSPS) is 10.8. The molecular formula is C18H21FN2O2. The standard InChI is InChI=1S/C18H21FN2O2/c1-12(2)16-9-8-14(18(23)21(16)3)17(22)20-11-10-13-6-4-5-7-15(13)19/h4-9,12H,10-11H2,1-3H3,(H,20,22). The number of carbonyl (C=O) groups excluding carboxylic acids is 1. The SMILES string of the molecule is CC(C)c1ccc(C(=O)NCCc2ccccc2F)c(=O)n1C. The van der Waals surface area contributed by atoms with Crippen molar-refractivity contribution in [1.82, 2.24) is 9.88 Å². The van der Waals surface area contributed by atoms with Gasteiger partial charge in [0.15, 0.2) is 0 Å². The largest absolute Gasteiger partial charge is 0.352 e. The van der Waals surface area contributed by atoms with Crippen LogP contribution >= 0.6 is 0 Å². The molecular weight excluding hydrogens is 295 g/mol. The van der Waals surface area contributed by atoms with Crippen LogP contribution in [0.25, 0.3) is 0 Å². The van der Waals surface area contributed by atoms with Crippen molar-refractivity contribution >= 4 is 5.91 Å². The summed E-state index contributed by atoms with van der Waals surface area (Å²) in [5.74, 6) is -0.526. The van der Waals surface area contributed by atoms with Gasteiger partial charge in [0, 0.05) is 19.3 Å². The van der Waals surface area contributed by atoms with Crippen molar-refractivity contribution in [3.63, 3.8) is 0 Å². The highest BCUT2D eigenvalue weighted by molar-refractivity contribution is 5.93. The van der Waals surface area contributed by atoms with Gasteiger partial charge in [-0.05, 0) is 36.1 Å². The van der Waals surface area contributed by atoms with E-state index < -0.39 is 5.91 Å². The van der Waals surface area contributed by atoms with E-state index in [4.69, 9.17) is 0 Å². The van der Waals surface area contributed by atoms with Crippen LogP contribution in [0, 0.1) is 5.82 Å². The van der Waals surface area contributed by atoms with Crippen LogP contribution in [0.5, 0.6) is 0 Å². The number of benzene rings is 1. The monoisotopic (exact) mass is 316 g/mol. The van der Waals surface area contributed by atoms with E-state index in [0.29, 0.717) is 12.0 Å². The Morgan fingerprint density at radius 3 is 2.57 bits per heavy atom. The van der Waals surface area contributed by atoms with Gasteiger partial charge in [-0.1, -0.05) is 32.0 Å². The van der Waals surface area contributed by atoms with Crippen molar-refractivity contribution in [3.8, 4) is 0 Å². The molecule has 0 aliphatic carbocycles. The Kier molecular flexibility index (Phi) is 5.32. The van der Waals surface area contributed by atoms with E-state index in [0.717, 1.165) is 5.69 Å². The van der Waals surface area contributed by atoms with Crippen LogP contribution in [0.4, 0.5) is 4.39 Å². The summed E-state index contributed by atoms with van der Waals surface area (Å²) in [6.45, 7) is 4.25. The number of hydrogen-bond donors (Lipinski definition) is 1. The molecule has 4 nitrogen and oxygen atoms in total. The fourth-order valence-corrected chi connectivity index (χ4v) is 2.51. The molecule has 0 bridgehead atoms. The van der Waals surface area contributed by atoms with Crippen molar-refractivity contribution in [2.45, 2.75) is 26.2 Å². The zero-order chi connectivity index (χ0) is 17.0. The molecule has 1 aromatic carbocycles. The maximum atomic E-state index is 13.5. The van der Waals surface area contributed by atoms with Gasteiger partial charge in [-0.25, -0.2) is 4.39 Å². The van der Waals surface area contributed by atoms with Crippen molar-refractivity contribution in [2.75, 3.05) is 6.54 Å². The van der Waals surface area contributed by atoms with Crippen LogP contribution in [0.2, 0.25) is 0 Å². The highest BCUT2D eigenvalue weighted by Gasteiger charge is 2.14. The van der Waals surface area contributed by atoms with Crippen LogP contribution in [0.1, 0.15) is 41.4 Å². The highest BCUT2D eigenvalue weighted by Crippen LogP contribution is 2.11. The summed E-state index contributed by atoms with van der Waals surface area (Å²) >= 11 is 0. The lowest BCUT2D eigenvalue weighted by Gasteiger charge is -2.13. The van der Waals surface area contributed by atoms with Crippen LogP contribution in [0.15, 0.2) is 41.2 Å². The van der Waals surface area contributed by atoms with Crippen molar-refractivity contribution in [3.05, 3.63) is 69.4 Å². The molecule has 2 rings (SSSR count). The molecule has 0 aliphatic heterocycles. The number of pyridine rings is 1. The number of aromatic nitrogens is 1. The summed E-state index contributed by atoms with van der Waals surface area (Å²) in [5, 5.41) is 2.67. The third-order valence-electron chi connectivity index (χ3n) is 3.82. The molecule has 1 heterocycles. The van der Waals surface area contributed by atoms with E-state index in [9.17, 15) is 14.0 Å². The Bertz CT molecular complexity index is 766.